The van der Waals surface area contributed by atoms with Crippen molar-refractivity contribution in [1.29, 1.82) is 0 Å². The Kier molecular flexibility index (Phi) is 5.64. The molecule has 2 nitrogen and oxygen atoms in total. The lowest BCUT2D eigenvalue weighted by atomic mass is 9.81. The van der Waals surface area contributed by atoms with E-state index in [1.807, 2.05) is 0 Å². The van der Waals surface area contributed by atoms with Gasteiger partial charge in [-0.15, -0.1) is 0 Å². The first-order chi connectivity index (χ1) is 8.85. The zero-order valence-electron chi connectivity index (χ0n) is 14.0. The fourth-order valence-corrected chi connectivity index (χ4v) is 2.45. The molecule has 0 bridgehead atoms. The van der Waals surface area contributed by atoms with Crippen molar-refractivity contribution in [3.63, 3.8) is 0 Å². The largest absolute Gasteiger partial charge is 0.334 e. The minimum absolute atomic E-state index is 0.211. The van der Waals surface area contributed by atoms with Gasteiger partial charge in [0, 0.05) is 23.6 Å². The molecule has 0 amide bonds. The molecule has 0 fully saturated rings. The van der Waals surface area contributed by atoms with Gasteiger partial charge in [0.1, 0.15) is 0 Å². The molecule has 1 aromatic rings. The molecule has 1 aromatic heterocycles. The van der Waals surface area contributed by atoms with E-state index in [9.17, 15) is 0 Å². The third-order valence-electron chi connectivity index (χ3n) is 4.57. The predicted octanol–water partition coefficient (Wildman–Crippen LogP) is 5.13. The minimum Gasteiger partial charge on any atom is -0.334 e. The van der Waals surface area contributed by atoms with E-state index in [1.165, 1.54) is 24.2 Å². The maximum Gasteiger partial charge on any atom is 0.0951 e. The van der Waals surface area contributed by atoms with Crippen LogP contribution in [-0.2, 0) is 12.0 Å². The van der Waals surface area contributed by atoms with Crippen molar-refractivity contribution >= 4 is 0 Å². The lowest BCUT2D eigenvalue weighted by molar-refractivity contribution is 0.433. The average Bonchev–Trinajstić information content (AvgIpc) is 2.79. The maximum atomic E-state index is 4.77. The van der Waals surface area contributed by atoms with Crippen LogP contribution in [0.1, 0.15) is 85.0 Å². The molecule has 0 saturated heterocycles. The summed E-state index contributed by atoms with van der Waals surface area (Å²) in [4.78, 5) is 4.77. The van der Waals surface area contributed by atoms with Gasteiger partial charge in [-0.1, -0.05) is 54.9 Å². The van der Waals surface area contributed by atoms with Crippen molar-refractivity contribution in [2.75, 3.05) is 0 Å². The fraction of sp³-hybridized carbons (Fsp3) is 0.824. The van der Waals surface area contributed by atoms with E-state index in [4.69, 9.17) is 4.98 Å². The maximum absolute atomic E-state index is 4.77. The highest BCUT2D eigenvalue weighted by atomic mass is 15.1. The van der Waals surface area contributed by atoms with E-state index in [1.54, 1.807) is 0 Å². The Morgan fingerprint density at radius 2 is 1.84 bits per heavy atom. The van der Waals surface area contributed by atoms with Gasteiger partial charge >= 0.3 is 0 Å². The van der Waals surface area contributed by atoms with Gasteiger partial charge in [0.2, 0.25) is 0 Å². The number of nitrogens with zero attached hydrogens (tertiary/aromatic N) is 2. The van der Waals surface area contributed by atoms with Crippen molar-refractivity contribution in [2.45, 2.75) is 85.6 Å². The van der Waals surface area contributed by atoms with Crippen LogP contribution in [0.3, 0.4) is 0 Å². The van der Waals surface area contributed by atoms with Crippen LogP contribution < -0.4 is 0 Å². The van der Waals surface area contributed by atoms with Gasteiger partial charge in [0.15, 0.2) is 0 Å². The first-order valence-electron chi connectivity index (χ1n) is 7.90. The van der Waals surface area contributed by atoms with Crippen LogP contribution in [0.25, 0.3) is 0 Å². The van der Waals surface area contributed by atoms with Crippen molar-refractivity contribution in [3.05, 3.63) is 17.7 Å². The van der Waals surface area contributed by atoms with Crippen LogP contribution in [0.5, 0.6) is 0 Å². The molecule has 0 saturated carbocycles. The molecular formula is C17H32N2. The highest BCUT2D eigenvalue weighted by Gasteiger charge is 2.29. The summed E-state index contributed by atoms with van der Waals surface area (Å²) >= 11 is 0. The first-order valence-corrected chi connectivity index (χ1v) is 7.90. The monoisotopic (exact) mass is 264 g/mol. The molecule has 110 valence electrons. The van der Waals surface area contributed by atoms with Crippen molar-refractivity contribution in [1.82, 2.24) is 9.55 Å². The van der Waals surface area contributed by atoms with Gasteiger partial charge in [-0.2, -0.15) is 0 Å². The molecule has 19 heavy (non-hydrogen) atoms. The second-order valence-electron chi connectivity index (χ2n) is 6.80. The highest BCUT2D eigenvalue weighted by Crippen LogP contribution is 2.35. The van der Waals surface area contributed by atoms with Crippen LogP contribution in [0.4, 0.5) is 0 Å². The summed E-state index contributed by atoms with van der Waals surface area (Å²) in [5, 5.41) is 0. The summed E-state index contributed by atoms with van der Waals surface area (Å²) in [7, 11) is 0. The Morgan fingerprint density at radius 3 is 2.32 bits per heavy atom. The standard InChI is InChI=1S/C17H32N2/c1-8-10-11-19-12-18-15(14(5)13(3)4)16(19)17(6,7)9-2/h12-14H,8-11H2,1-7H3. The molecule has 2 heteroatoms. The zero-order valence-corrected chi connectivity index (χ0v) is 14.0. The molecule has 0 N–H and O–H groups in total. The number of imidazole rings is 1. The molecule has 1 unspecified atom stereocenters. The summed E-state index contributed by atoms with van der Waals surface area (Å²) in [5.41, 5.74) is 2.99. The highest BCUT2D eigenvalue weighted by molar-refractivity contribution is 5.25. The van der Waals surface area contributed by atoms with E-state index in [0.29, 0.717) is 11.8 Å². The molecule has 1 atom stereocenters. The van der Waals surface area contributed by atoms with Crippen LogP contribution in [0.2, 0.25) is 0 Å². The van der Waals surface area contributed by atoms with Crippen molar-refractivity contribution < 1.29 is 0 Å². The molecular weight excluding hydrogens is 232 g/mol. The van der Waals surface area contributed by atoms with Crippen LogP contribution in [-0.4, -0.2) is 9.55 Å². The molecule has 0 aromatic carbocycles. The van der Waals surface area contributed by atoms with Gasteiger partial charge in [-0.05, 0) is 18.8 Å². The number of hydrogen-bond donors (Lipinski definition) is 0. The van der Waals surface area contributed by atoms with E-state index in [0.717, 1.165) is 13.0 Å². The first kappa shape index (κ1) is 16.3. The van der Waals surface area contributed by atoms with Gasteiger partial charge in [0.05, 0.1) is 12.0 Å². The quantitative estimate of drug-likeness (QED) is 0.667. The van der Waals surface area contributed by atoms with E-state index < -0.39 is 0 Å². The smallest absolute Gasteiger partial charge is 0.0951 e. The number of unbranched alkanes of at least 4 members (excludes halogenated alkanes) is 1. The summed E-state index contributed by atoms with van der Waals surface area (Å²) in [6.45, 7) is 17.2. The average molecular weight is 264 g/mol. The minimum atomic E-state index is 0.211. The third kappa shape index (κ3) is 3.61. The van der Waals surface area contributed by atoms with E-state index in [-0.39, 0.29) is 5.41 Å². The SMILES string of the molecule is CCCCn1cnc(C(C)C(C)C)c1C(C)(C)CC. The molecule has 0 aliphatic rings. The Labute approximate surface area is 119 Å². The molecule has 0 aliphatic heterocycles. The molecule has 0 radical (unpaired) electrons. The third-order valence-corrected chi connectivity index (χ3v) is 4.57. The molecule has 0 spiro atoms. The number of rotatable bonds is 7. The number of aromatic nitrogens is 2. The van der Waals surface area contributed by atoms with Gasteiger partial charge in [-0.3, -0.25) is 0 Å². The topological polar surface area (TPSA) is 17.8 Å². The Hall–Kier alpha value is -0.790. The van der Waals surface area contributed by atoms with Crippen molar-refractivity contribution in [2.24, 2.45) is 5.92 Å². The zero-order chi connectivity index (χ0) is 14.6. The molecule has 1 rings (SSSR count). The predicted molar refractivity (Wildman–Crippen MR) is 83.7 cm³/mol. The second-order valence-corrected chi connectivity index (χ2v) is 6.80. The van der Waals surface area contributed by atoms with Gasteiger partial charge in [-0.25, -0.2) is 4.98 Å². The van der Waals surface area contributed by atoms with Gasteiger partial charge in [0.25, 0.3) is 0 Å². The van der Waals surface area contributed by atoms with E-state index in [2.05, 4.69) is 59.4 Å². The van der Waals surface area contributed by atoms with Crippen LogP contribution in [0, 0.1) is 5.92 Å². The molecule has 0 aliphatic carbocycles. The summed E-state index contributed by atoms with van der Waals surface area (Å²) in [5.74, 6) is 1.17. The van der Waals surface area contributed by atoms with E-state index >= 15 is 0 Å². The summed E-state index contributed by atoms with van der Waals surface area (Å²) in [6, 6.07) is 0. The van der Waals surface area contributed by atoms with Crippen molar-refractivity contribution in [3.8, 4) is 0 Å². The lowest BCUT2D eigenvalue weighted by Gasteiger charge is -2.28. The Balaban J connectivity index is 3.21. The van der Waals surface area contributed by atoms with Crippen LogP contribution in [0.15, 0.2) is 6.33 Å². The lowest BCUT2D eigenvalue weighted by Crippen LogP contribution is -2.24. The fourth-order valence-electron chi connectivity index (χ4n) is 2.45. The summed E-state index contributed by atoms with van der Waals surface area (Å²) < 4.78 is 2.40. The molecule has 1 heterocycles. The summed E-state index contributed by atoms with van der Waals surface area (Å²) in [6.07, 6.45) is 5.69. The number of aryl methyl sites for hydroxylation is 1. The Morgan fingerprint density at radius 1 is 1.21 bits per heavy atom. The number of hydrogen-bond acceptors (Lipinski definition) is 1. The Bertz CT molecular complexity index is 388. The van der Waals surface area contributed by atoms with Crippen LogP contribution >= 0.6 is 0 Å². The second kappa shape index (κ2) is 6.58. The van der Waals surface area contributed by atoms with Gasteiger partial charge < -0.3 is 4.57 Å². The normalized spacial score (nSPS) is 14.1.